The van der Waals surface area contributed by atoms with Crippen molar-refractivity contribution in [2.45, 2.75) is 36.6 Å². The molecule has 2 N–H and O–H groups in total. The summed E-state index contributed by atoms with van der Waals surface area (Å²) in [7, 11) is 0. The van der Waals surface area contributed by atoms with Gasteiger partial charge < -0.3 is 5.73 Å². The zero-order valence-corrected chi connectivity index (χ0v) is 16.6. The summed E-state index contributed by atoms with van der Waals surface area (Å²) in [5, 5.41) is 12.6. The lowest BCUT2D eigenvalue weighted by atomic mass is 10.0. The first-order valence-corrected chi connectivity index (χ1v) is 9.79. The van der Waals surface area contributed by atoms with Crippen molar-refractivity contribution < 1.29 is 4.79 Å². The number of hydrogen-bond acceptors (Lipinski definition) is 5. The van der Waals surface area contributed by atoms with Gasteiger partial charge in [0.15, 0.2) is 0 Å². The van der Waals surface area contributed by atoms with Crippen LogP contribution in [0, 0.1) is 0 Å². The molecule has 0 aliphatic heterocycles. The maximum absolute atomic E-state index is 12.0. The van der Waals surface area contributed by atoms with Gasteiger partial charge in [0.1, 0.15) is 0 Å². The number of primary amides is 1. The molecule has 0 bridgehead atoms. The van der Waals surface area contributed by atoms with Crippen molar-refractivity contribution in [1.29, 1.82) is 0 Å². The monoisotopic (exact) mass is 401 g/mol. The van der Waals surface area contributed by atoms with Gasteiger partial charge in [0, 0.05) is 5.02 Å². The molecule has 0 radical (unpaired) electrons. The fourth-order valence-electron chi connectivity index (χ4n) is 2.58. The standard InChI is InChI=1S/C19H20ClN5OS/c1-12(2)14-5-9-16(10-6-14)25-19(22-23-24-25)27-17(18(21)26)11-13-3-7-15(20)8-4-13/h3-10,12,17H,11H2,1-2H3,(H2,21,26). The van der Waals surface area contributed by atoms with Gasteiger partial charge in [0.2, 0.25) is 11.1 Å². The first kappa shape index (κ1) is 19.4. The van der Waals surface area contributed by atoms with E-state index in [2.05, 4.69) is 41.5 Å². The second-order valence-electron chi connectivity index (χ2n) is 6.46. The Morgan fingerprint density at radius 3 is 2.41 bits per heavy atom. The Morgan fingerprint density at radius 2 is 1.81 bits per heavy atom. The molecule has 2 aromatic carbocycles. The third kappa shape index (κ3) is 4.87. The van der Waals surface area contributed by atoms with Crippen LogP contribution in [-0.4, -0.2) is 31.4 Å². The molecule has 1 amide bonds. The molecule has 1 unspecified atom stereocenters. The molecule has 27 heavy (non-hydrogen) atoms. The van der Waals surface area contributed by atoms with E-state index in [1.54, 1.807) is 16.8 Å². The van der Waals surface area contributed by atoms with Gasteiger partial charge in [-0.3, -0.25) is 4.79 Å². The van der Waals surface area contributed by atoms with Crippen LogP contribution in [-0.2, 0) is 11.2 Å². The van der Waals surface area contributed by atoms with Crippen molar-refractivity contribution in [3.8, 4) is 5.69 Å². The molecule has 0 saturated heterocycles. The van der Waals surface area contributed by atoms with E-state index in [1.165, 1.54) is 17.3 Å². The lowest BCUT2D eigenvalue weighted by Crippen LogP contribution is -2.28. The summed E-state index contributed by atoms with van der Waals surface area (Å²) in [5.41, 5.74) is 8.65. The number of thioether (sulfide) groups is 1. The van der Waals surface area contributed by atoms with Crippen LogP contribution in [0.2, 0.25) is 5.02 Å². The normalized spacial score (nSPS) is 12.3. The lowest BCUT2D eigenvalue weighted by Gasteiger charge is -2.13. The molecule has 3 aromatic rings. The molecule has 0 aliphatic carbocycles. The Bertz CT molecular complexity index is 909. The van der Waals surface area contributed by atoms with Crippen molar-refractivity contribution in [1.82, 2.24) is 20.2 Å². The van der Waals surface area contributed by atoms with Crippen molar-refractivity contribution in [3.05, 3.63) is 64.7 Å². The van der Waals surface area contributed by atoms with E-state index < -0.39 is 11.2 Å². The van der Waals surface area contributed by atoms with Gasteiger partial charge in [-0.05, 0) is 58.2 Å². The Hall–Kier alpha value is -2.38. The molecule has 8 heteroatoms. The second kappa shape index (κ2) is 8.54. The summed E-state index contributed by atoms with van der Waals surface area (Å²) in [4.78, 5) is 12.0. The maximum Gasteiger partial charge on any atom is 0.231 e. The summed E-state index contributed by atoms with van der Waals surface area (Å²) >= 11 is 7.17. The number of nitrogens with two attached hydrogens (primary N) is 1. The summed E-state index contributed by atoms with van der Waals surface area (Å²) in [6.45, 7) is 4.28. The van der Waals surface area contributed by atoms with Crippen molar-refractivity contribution >= 4 is 29.3 Å². The minimum Gasteiger partial charge on any atom is -0.369 e. The van der Waals surface area contributed by atoms with Gasteiger partial charge in [-0.25, -0.2) is 0 Å². The molecular formula is C19H20ClN5OS. The smallest absolute Gasteiger partial charge is 0.231 e. The van der Waals surface area contributed by atoms with Crippen LogP contribution in [0.3, 0.4) is 0 Å². The molecule has 0 aliphatic rings. The summed E-state index contributed by atoms with van der Waals surface area (Å²) in [6, 6.07) is 15.4. The van der Waals surface area contributed by atoms with Gasteiger partial charge in [-0.15, -0.1) is 5.10 Å². The van der Waals surface area contributed by atoms with E-state index in [9.17, 15) is 4.79 Å². The summed E-state index contributed by atoms with van der Waals surface area (Å²) < 4.78 is 1.62. The quantitative estimate of drug-likeness (QED) is 0.611. The Morgan fingerprint density at radius 1 is 1.15 bits per heavy atom. The van der Waals surface area contributed by atoms with E-state index >= 15 is 0 Å². The van der Waals surface area contributed by atoms with Crippen molar-refractivity contribution in [2.75, 3.05) is 0 Å². The highest BCUT2D eigenvalue weighted by atomic mass is 35.5. The van der Waals surface area contributed by atoms with Gasteiger partial charge in [0.05, 0.1) is 10.9 Å². The van der Waals surface area contributed by atoms with Gasteiger partial charge in [0.25, 0.3) is 0 Å². The average molecular weight is 402 g/mol. The minimum absolute atomic E-state index is 0.417. The first-order chi connectivity index (χ1) is 12.9. The summed E-state index contributed by atoms with van der Waals surface area (Å²) in [6.07, 6.45) is 0.469. The third-order valence-corrected chi connectivity index (χ3v) is 5.55. The Kier molecular flexibility index (Phi) is 6.13. The molecule has 1 heterocycles. The predicted molar refractivity (Wildman–Crippen MR) is 107 cm³/mol. The third-order valence-electron chi connectivity index (χ3n) is 4.14. The SMILES string of the molecule is CC(C)c1ccc(-n2nnnc2SC(Cc2ccc(Cl)cc2)C(N)=O)cc1. The molecular weight excluding hydrogens is 382 g/mol. The number of hydrogen-bond donors (Lipinski definition) is 1. The van der Waals surface area contributed by atoms with E-state index in [1.807, 2.05) is 24.3 Å². The minimum atomic E-state index is -0.495. The molecule has 140 valence electrons. The predicted octanol–water partition coefficient (Wildman–Crippen LogP) is 3.63. The van der Waals surface area contributed by atoms with E-state index in [4.69, 9.17) is 17.3 Å². The highest BCUT2D eigenvalue weighted by molar-refractivity contribution is 8.00. The molecule has 6 nitrogen and oxygen atoms in total. The molecule has 0 saturated carbocycles. The van der Waals surface area contributed by atoms with Crippen LogP contribution in [0.5, 0.6) is 0 Å². The zero-order valence-electron chi connectivity index (χ0n) is 15.0. The van der Waals surface area contributed by atoms with E-state index in [0.717, 1.165) is 11.3 Å². The fourth-order valence-corrected chi connectivity index (χ4v) is 3.67. The van der Waals surface area contributed by atoms with Crippen LogP contribution < -0.4 is 5.73 Å². The fraction of sp³-hybridized carbons (Fsp3) is 0.263. The van der Waals surface area contributed by atoms with Crippen LogP contribution in [0.1, 0.15) is 30.9 Å². The highest BCUT2D eigenvalue weighted by Gasteiger charge is 2.22. The molecule has 3 rings (SSSR count). The number of carbonyl (C=O) groups excluding carboxylic acids is 1. The largest absolute Gasteiger partial charge is 0.369 e. The molecule has 1 atom stereocenters. The number of amides is 1. The van der Waals surface area contributed by atoms with Crippen LogP contribution in [0.25, 0.3) is 5.69 Å². The average Bonchev–Trinajstić information content (AvgIpc) is 3.11. The summed E-state index contributed by atoms with van der Waals surface area (Å²) in [5.74, 6) is 0.0278. The van der Waals surface area contributed by atoms with Gasteiger partial charge in [-0.1, -0.05) is 61.5 Å². The van der Waals surface area contributed by atoms with Crippen molar-refractivity contribution in [3.63, 3.8) is 0 Å². The Labute approximate surface area is 167 Å². The maximum atomic E-state index is 12.0. The molecule has 0 fully saturated rings. The number of aromatic nitrogens is 4. The van der Waals surface area contributed by atoms with Gasteiger partial charge in [-0.2, -0.15) is 4.68 Å². The number of halogens is 1. The first-order valence-electron chi connectivity index (χ1n) is 8.53. The van der Waals surface area contributed by atoms with Crippen LogP contribution in [0.4, 0.5) is 0 Å². The van der Waals surface area contributed by atoms with Gasteiger partial charge >= 0.3 is 0 Å². The number of nitrogens with zero attached hydrogens (tertiary/aromatic N) is 4. The highest BCUT2D eigenvalue weighted by Crippen LogP contribution is 2.26. The Balaban J connectivity index is 1.80. The number of tetrazole rings is 1. The number of benzene rings is 2. The second-order valence-corrected chi connectivity index (χ2v) is 8.07. The lowest BCUT2D eigenvalue weighted by molar-refractivity contribution is -0.117. The zero-order chi connectivity index (χ0) is 19.4. The molecule has 1 aromatic heterocycles. The van der Waals surface area contributed by atoms with Crippen LogP contribution >= 0.6 is 23.4 Å². The topological polar surface area (TPSA) is 86.7 Å². The molecule has 0 spiro atoms. The van der Waals surface area contributed by atoms with Crippen LogP contribution in [0.15, 0.2) is 53.7 Å². The number of rotatable bonds is 7. The van der Waals surface area contributed by atoms with E-state index in [-0.39, 0.29) is 0 Å². The van der Waals surface area contributed by atoms with E-state index in [0.29, 0.717) is 22.5 Å². The van der Waals surface area contributed by atoms with Crippen molar-refractivity contribution in [2.24, 2.45) is 5.73 Å². The number of carbonyl (C=O) groups is 1.